The number of aromatic nitrogens is 2. The van der Waals surface area contributed by atoms with Crippen LogP contribution >= 0.6 is 15.9 Å². The number of piperidine rings is 1. The normalized spacial score (nSPS) is 19.2. The van der Waals surface area contributed by atoms with Crippen LogP contribution in [0.3, 0.4) is 0 Å². The Bertz CT molecular complexity index is 585. The van der Waals surface area contributed by atoms with E-state index in [-0.39, 0.29) is 0 Å². The van der Waals surface area contributed by atoms with Gasteiger partial charge in [-0.05, 0) is 66.4 Å². The zero-order chi connectivity index (χ0) is 13.9. The van der Waals surface area contributed by atoms with Gasteiger partial charge < -0.3 is 9.88 Å². The van der Waals surface area contributed by atoms with Gasteiger partial charge in [0.05, 0.1) is 5.69 Å². The molecule has 0 aliphatic carbocycles. The third kappa shape index (κ3) is 2.96. The molecule has 2 aromatic rings. The molecular weight excluding hydrogens is 314 g/mol. The minimum atomic E-state index is 0.636. The van der Waals surface area contributed by atoms with Crippen LogP contribution in [0.15, 0.2) is 35.1 Å². The first-order chi connectivity index (χ1) is 9.74. The van der Waals surface area contributed by atoms with Crippen LogP contribution in [0.5, 0.6) is 0 Å². The second-order valence-electron chi connectivity index (χ2n) is 5.48. The van der Waals surface area contributed by atoms with Crippen molar-refractivity contribution in [2.24, 2.45) is 0 Å². The van der Waals surface area contributed by atoms with E-state index < -0.39 is 0 Å². The van der Waals surface area contributed by atoms with Crippen LogP contribution in [0.2, 0.25) is 0 Å². The van der Waals surface area contributed by atoms with Gasteiger partial charge in [0, 0.05) is 22.9 Å². The maximum atomic E-state index is 4.28. The molecule has 20 heavy (non-hydrogen) atoms. The molecular formula is C16H20BrN3. The van der Waals surface area contributed by atoms with Gasteiger partial charge in [-0.1, -0.05) is 12.5 Å². The monoisotopic (exact) mass is 333 g/mol. The molecule has 1 atom stereocenters. The minimum absolute atomic E-state index is 0.636. The van der Waals surface area contributed by atoms with E-state index in [0.29, 0.717) is 6.04 Å². The van der Waals surface area contributed by atoms with Crippen molar-refractivity contribution in [1.82, 2.24) is 14.9 Å². The molecule has 0 saturated carbocycles. The van der Waals surface area contributed by atoms with Gasteiger partial charge in [0.25, 0.3) is 0 Å². The second kappa shape index (κ2) is 6.10. The van der Waals surface area contributed by atoms with Crippen LogP contribution in [-0.2, 0) is 6.42 Å². The van der Waals surface area contributed by atoms with E-state index in [4.69, 9.17) is 0 Å². The summed E-state index contributed by atoms with van der Waals surface area (Å²) < 4.78 is 3.24. The minimum Gasteiger partial charge on any atom is -0.314 e. The quantitative estimate of drug-likeness (QED) is 0.929. The smallest absolute Gasteiger partial charge is 0.110 e. The van der Waals surface area contributed by atoms with E-state index in [1.54, 1.807) is 0 Å². The van der Waals surface area contributed by atoms with E-state index in [9.17, 15) is 0 Å². The van der Waals surface area contributed by atoms with Gasteiger partial charge >= 0.3 is 0 Å². The summed E-state index contributed by atoms with van der Waals surface area (Å²) in [6, 6.07) is 7.29. The largest absolute Gasteiger partial charge is 0.314 e. The summed E-state index contributed by atoms with van der Waals surface area (Å²) in [4.78, 5) is 4.28. The highest BCUT2D eigenvalue weighted by molar-refractivity contribution is 9.10. The first kappa shape index (κ1) is 13.8. The maximum absolute atomic E-state index is 4.28. The molecule has 1 fully saturated rings. The fraction of sp³-hybridized carbons (Fsp3) is 0.438. The van der Waals surface area contributed by atoms with Crippen molar-refractivity contribution in [3.05, 3.63) is 46.5 Å². The highest BCUT2D eigenvalue weighted by Crippen LogP contribution is 2.24. The van der Waals surface area contributed by atoms with Gasteiger partial charge in [-0.2, -0.15) is 0 Å². The third-order valence-electron chi connectivity index (χ3n) is 3.99. The fourth-order valence-electron chi connectivity index (χ4n) is 2.89. The predicted molar refractivity (Wildman–Crippen MR) is 85.3 cm³/mol. The van der Waals surface area contributed by atoms with Crippen molar-refractivity contribution >= 4 is 15.9 Å². The lowest BCUT2D eigenvalue weighted by molar-refractivity contribution is 0.399. The molecule has 3 rings (SSSR count). The van der Waals surface area contributed by atoms with Gasteiger partial charge in [0.1, 0.15) is 5.82 Å². The molecule has 0 spiro atoms. The molecule has 1 aromatic heterocycles. The van der Waals surface area contributed by atoms with E-state index in [1.807, 2.05) is 19.3 Å². The van der Waals surface area contributed by atoms with Crippen LogP contribution in [0, 0.1) is 6.92 Å². The molecule has 0 amide bonds. The number of nitrogens with zero attached hydrogens (tertiary/aromatic N) is 2. The van der Waals surface area contributed by atoms with Gasteiger partial charge in [0.15, 0.2) is 0 Å². The maximum Gasteiger partial charge on any atom is 0.110 e. The molecule has 3 nitrogen and oxygen atoms in total. The van der Waals surface area contributed by atoms with Crippen LogP contribution in [0.4, 0.5) is 0 Å². The van der Waals surface area contributed by atoms with E-state index in [0.717, 1.165) is 29.0 Å². The standard InChI is InChI=1S/C16H20BrN3/c1-12-18-8-9-20(12)16-6-5-13(11-15(16)17)10-14-4-2-3-7-19-14/h5-6,8-9,11,14,19H,2-4,7,10H2,1H3. The lowest BCUT2D eigenvalue weighted by atomic mass is 9.98. The number of nitrogens with one attached hydrogen (secondary N) is 1. The van der Waals surface area contributed by atoms with E-state index >= 15 is 0 Å². The molecule has 1 aliphatic heterocycles. The first-order valence-corrected chi connectivity index (χ1v) is 8.05. The average Bonchev–Trinajstić information content (AvgIpc) is 2.86. The van der Waals surface area contributed by atoms with Crippen molar-refractivity contribution in [2.45, 2.75) is 38.6 Å². The Hall–Kier alpha value is -1.13. The van der Waals surface area contributed by atoms with Crippen molar-refractivity contribution in [1.29, 1.82) is 0 Å². The van der Waals surface area contributed by atoms with Crippen molar-refractivity contribution in [3.8, 4) is 5.69 Å². The molecule has 1 saturated heterocycles. The Kier molecular flexibility index (Phi) is 4.22. The van der Waals surface area contributed by atoms with Crippen LogP contribution in [-0.4, -0.2) is 22.1 Å². The van der Waals surface area contributed by atoms with Gasteiger partial charge in [0.2, 0.25) is 0 Å². The summed E-state index contributed by atoms with van der Waals surface area (Å²) in [5.41, 5.74) is 2.54. The molecule has 0 bridgehead atoms. The fourth-order valence-corrected chi connectivity index (χ4v) is 3.51. The number of benzene rings is 1. The zero-order valence-corrected chi connectivity index (χ0v) is 13.4. The number of imidazole rings is 1. The highest BCUT2D eigenvalue weighted by atomic mass is 79.9. The van der Waals surface area contributed by atoms with Gasteiger partial charge in [-0.3, -0.25) is 0 Å². The summed E-state index contributed by atoms with van der Waals surface area (Å²) in [6.45, 7) is 3.18. The molecule has 0 radical (unpaired) electrons. The summed E-state index contributed by atoms with van der Waals surface area (Å²) in [5.74, 6) is 1.01. The summed E-state index contributed by atoms with van der Waals surface area (Å²) in [7, 11) is 0. The van der Waals surface area contributed by atoms with Crippen molar-refractivity contribution in [2.75, 3.05) is 6.54 Å². The Morgan fingerprint density at radius 2 is 2.30 bits per heavy atom. The predicted octanol–water partition coefficient (Wildman–Crippen LogP) is 3.63. The Morgan fingerprint density at radius 3 is 2.95 bits per heavy atom. The number of hydrogen-bond donors (Lipinski definition) is 1. The van der Waals surface area contributed by atoms with Crippen LogP contribution in [0.1, 0.15) is 30.7 Å². The van der Waals surface area contributed by atoms with Crippen molar-refractivity contribution in [3.63, 3.8) is 0 Å². The molecule has 2 heterocycles. The number of hydrogen-bond acceptors (Lipinski definition) is 2. The molecule has 1 aromatic carbocycles. The molecule has 106 valence electrons. The summed E-state index contributed by atoms with van der Waals surface area (Å²) in [6.07, 6.45) is 8.91. The van der Waals surface area contributed by atoms with Crippen LogP contribution < -0.4 is 5.32 Å². The Balaban J connectivity index is 1.79. The lowest BCUT2D eigenvalue weighted by Crippen LogP contribution is -2.35. The molecule has 1 unspecified atom stereocenters. The molecule has 4 heteroatoms. The van der Waals surface area contributed by atoms with Gasteiger partial charge in [-0.15, -0.1) is 0 Å². The topological polar surface area (TPSA) is 29.9 Å². The number of rotatable bonds is 3. The Labute approximate surface area is 128 Å². The van der Waals surface area contributed by atoms with Crippen LogP contribution in [0.25, 0.3) is 5.69 Å². The summed E-state index contributed by atoms with van der Waals surface area (Å²) >= 11 is 3.70. The molecule has 1 N–H and O–H groups in total. The lowest BCUT2D eigenvalue weighted by Gasteiger charge is -2.23. The zero-order valence-electron chi connectivity index (χ0n) is 11.8. The highest BCUT2D eigenvalue weighted by Gasteiger charge is 2.14. The molecule has 1 aliphatic rings. The summed E-state index contributed by atoms with van der Waals surface area (Å²) in [5, 5.41) is 3.61. The van der Waals surface area contributed by atoms with Crippen molar-refractivity contribution < 1.29 is 0 Å². The number of halogens is 1. The SMILES string of the molecule is Cc1nccn1-c1ccc(CC2CCCCN2)cc1Br. The third-order valence-corrected chi connectivity index (χ3v) is 4.63. The first-order valence-electron chi connectivity index (χ1n) is 7.26. The van der Waals surface area contributed by atoms with E-state index in [1.165, 1.54) is 24.8 Å². The Morgan fingerprint density at radius 1 is 1.40 bits per heavy atom. The second-order valence-corrected chi connectivity index (χ2v) is 6.34. The van der Waals surface area contributed by atoms with Gasteiger partial charge in [-0.25, -0.2) is 4.98 Å². The average molecular weight is 334 g/mol. The number of aryl methyl sites for hydroxylation is 1. The van der Waals surface area contributed by atoms with E-state index in [2.05, 4.69) is 49.0 Å².